The fourth-order valence-electron chi connectivity index (χ4n) is 1.74. The number of carbonyl (C=O) groups is 1. The van der Waals surface area contributed by atoms with Crippen LogP contribution in [0.25, 0.3) is 11.1 Å². The fraction of sp³-hybridized carbons (Fsp3) is 0.133. The lowest BCUT2D eigenvalue weighted by Crippen LogP contribution is -2.10. The molecular formula is C15H15NO2. The summed E-state index contributed by atoms with van der Waals surface area (Å²) in [5.41, 5.74) is 4.23. The van der Waals surface area contributed by atoms with Crippen LogP contribution < -0.4 is 5.32 Å². The zero-order valence-electron chi connectivity index (χ0n) is 10.4. The molecular weight excluding hydrogens is 226 g/mol. The molecule has 0 atom stereocenters. The standard InChI is InChI=1S/C15H15NO2/c1-11-4-3-5-13(10-11)12-6-8-14(9-7-12)16-15(17)18-2/h3-10H,1-2H3,(H,16,17). The maximum atomic E-state index is 11.0. The maximum absolute atomic E-state index is 11.0. The average molecular weight is 241 g/mol. The summed E-state index contributed by atoms with van der Waals surface area (Å²) in [6.07, 6.45) is -0.460. The predicted molar refractivity (Wildman–Crippen MR) is 72.6 cm³/mol. The monoisotopic (exact) mass is 241 g/mol. The van der Waals surface area contributed by atoms with E-state index in [1.807, 2.05) is 30.3 Å². The van der Waals surface area contributed by atoms with Gasteiger partial charge in [-0.1, -0.05) is 42.0 Å². The van der Waals surface area contributed by atoms with Crippen molar-refractivity contribution in [3.63, 3.8) is 0 Å². The first-order valence-electron chi connectivity index (χ1n) is 5.71. The van der Waals surface area contributed by atoms with Crippen LogP contribution in [0.4, 0.5) is 10.5 Å². The molecule has 0 aliphatic carbocycles. The van der Waals surface area contributed by atoms with Crippen LogP contribution in [-0.2, 0) is 4.74 Å². The third-order valence-corrected chi connectivity index (χ3v) is 2.67. The SMILES string of the molecule is COC(=O)Nc1ccc(-c2cccc(C)c2)cc1. The van der Waals surface area contributed by atoms with E-state index in [1.165, 1.54) is 18.2 Å². The summed E-state index contributed by atoms with van der Waals surface area (Å²) < 4.78 is 4.53. The van der Waals surface area contributed by atoms with Crippen LogP contribution in [0.2, 0.25) is 0 Å². The molecule has 0 saturated heterocycles. The number of carbonyl (C=O) groups excluding carboxylic acids is 1. The van der Waals surface area contributed by atoms with Crippen LogP contribution >= 0.6 is 0 Å². The summed E-state index contributed by atoms with van der Waals surface area (Å²) >= 11 is 0. The Balaban J connectivity index is 2.19. The van der Waals surface area contributed by atoms with Crippen LogP contribution in [0.1, 0.15) is 5.56 Å². The minimum absolute atomic E-state index is 0.460. The molecule has 1 N–H and O–H groups in total. The number of ether oxygens (including phenoxy) is 1. The van der Waals surface area contributed by atoms with Crippen molar-refractivity contribution in [1.29, 1.82) is 0 Å². The number of aryl methyl sites for hydroxylation is 1. The molecule has 0 bridgehead atoms. The van der Waals surface area contributed by atoms with E-state index in [0.29, 0.717) is 0 Å². The Bertz CT molecular complexity index is 547. The second-order valence-corrected chi connectivity index (χ2v) is 4.06. The first-order chi connectivity index (χ1) is 8.69. The first kappa shape index (κ1) is 12.2. The smallest absolute Gasteiger partial charge is 0.411 e. The summed E-state index contributed by atoms with van der Waals surface area (Å²) in [6, 6.07) is 15.9. The van der Waals surface area contributed by atoms with Gasteiger partial charge < -0.3 is 4.74 Å². The van der Waals surface area contributed by atoms with Crippen LogP contribution in [0.3, 0.4) is 0 Å². The molecule has 0 heterocycles. The number of hydrogen-bond donors (Lipinski definition) is 1. The highest BCUT2D eigenvalue weighted by Gasteiger charge is 2.01. The van der Waals surface area contributed by atoms with Crippen LogP contribution in [-0.4, -0.2) is 13.2 Å². The van der Waals surface area contributed by atoms with Crippen molar-refractivity contribution in [2.75, 3.05) is 12.4 Å². The third kappa shape index (κ3) is 2.88. The van der Waals surface area contributed by atoms with E-state index in [9.17, 15) is 4.79 Å². The normalized spacial score (nSPS) is 9.89. The van der Waals surface area contributed by atoms with Crippen molar-refractivity contribution in [2.24, 2.45) is 0 Å². The summed E-state index contributed by atoms with van der Waals surface area (Å²) in [4.78, 5) is 11.0. The number of amides is 1. The Morgan fingerprint density at radius 1 is 1.06 bits per heavy atom. The van der Waals surface area contributed by atoms with E-state index < -0.39 is 6.09 Å². The second kappa shape index (κ2) is 5.36. The van der Waals surface area contributed by atoms with Gasteiger partial charge in [0.1, 0.15) is 0 Å². The second-order valence-electron chi connectivity index (χ2n) is 4.06. The van der Waals surface area contributed by atoms with Crippen molar-refractivity contribution in [3.05, 3.63) is 54.1 Å². The van der Waals surface area contributed by atoms with Crippen molar-refractivity contribution in [3.8, 4) is 11.1 Å². The minimum Gasteiger partial charge on any atom is -0.453 e. The van der Waals surface area contributed by atoms with Gasteiger partial charge in [-0.2, -0.15) is 0 Å². The Morgan fingerprint density at radius 3 is 2.39 bits per heavy atom. The average Bonchev–Trinajstić information content (AvgIpc) is 2.39. The van der Waals surface area contributed by atoms with E-state index in [1.54, 1.807) is 0 Å². The van der Waals surface area contributed by atoms with Crippen LogP contribution in [0.5, 0.6) is 0 Å². The van der Waals surface area contributed by atoms with Gasteiger partial charge in [0.05, 0.1) is 7.11 Å². The molecule has 18 heavy (non-hydrogen) atoms. The Hall–Kier alpha value is -2.29. The Kier molecular flexibility index (Phi) is 3.63. The largest absolute Gasteiger partial charge is 0.453 e. The minimum atomic E-state index is -0.460. The number of anilines is 1. The highest BCUT2D eigenvalue weighted by Crippen LogP contribution is 2.22. The molecule has 2 aromatic carbocycles. The van der Waals surface area contributed by atoms with E-state index >= 15 is 0 Å². The van der Waals surface area contributed by atoms with Crippen molar-refractivity contribution < 1.29 is 9.53 Å². The molecule has 3 heteroatoms. The first-order valence-corrected chi connectivity index (χ1v) is 5.71. The lowest BCUT2D eigenvalue weighted by molar-refractivity contribution is 0.187. The molecule has 0 aliphatic rings. The highest BCUT2D eigenvalue weighted by molar-refractivity contribution is 5.85. The summed E-state index contributed by atoms with van der Waals surface area (Å²) in [7, 11) is 1.34. The van der Waals surface area contributed by atoms with E-state index in [-0.39, 0.29) is 0 Å². The quantitative estimate of drug-likeness (QED) is 0.867. The molecule has 0 aliphatic heterocycles. The summed E-state index contributed by atoms with van der Waals surface area (Å²) in [5, 5.41) is 2.62. The summed E-state index contributed by atoms with van der Waals surface area (Å²) in [6.45, 7) is 2.07. The molecule has 92 valence electrons. The number of hydrogen-bond acceptors (Lipinski definition) is 2. The van der Waals surface area contributed by atoms with E-state index in [2.05, 4.69) is 35.2 Å². The zero-order chi connectivity index (χ0) is 13.0. The van der Waals surface area contributed by atoms with Crippen molar-refractivity contribution in [1.82, 2.24) is 0 Å². The number of nitrogens with one attached hydrogen (secondary N) is 1. The molecule has 0 fully saturated rings. The Morgan fingerprint density at radius 2 is 1.78 bits per heavy atom. The summed E-state index contributed by atoms with van der Waals surface area (Å²) in [5.74, 6) is 0. The third-order valence-electron chi connectivity index (χ3n) is 2.67. The van der Waals surface area contributed by atoms with Gasteiger partial charge in [0.2, 0.25) is 0 Å². The lowest BCUT2D eigenvalue weighted by Gasteiger charge is -2.06. The molecule has 0 aromatic heterocycles. The van der Waals surface area contributed by atoms with Gasteiger partial charge >= 0.3 is 6.09 Å². The van der Waals surface area contributed by atoms with Gasteiger partial charge in [0, 0.05) is 5.69 Å². The van der Waals surface area contributed by atoms with Crippen LogP contribution in [0.15, 0.2) is 48.5 Å². The van der Waals surface area contributed by atoms with Gasteiger partial charge in [0.25, 0.3) is 0 Å². The molecule has 0 saturated carbocycles. The zero-order valence-corrected chi connectivity index (χ0v) is 10.4. The van der Waals surface area contributed by atoms with Gasteiger partial charge in [-0.15, -0.1) is 0 Å². The van der Waals surface area contributed by atoms with Gasteiger partial charge in [-0.25, -0.2) is 4.79 Å². The van der Waals surface area contributed by atoms with E-state index in [4.69, 9.17) is 0 Å². The molecule has 0 unspecified atom stereocenters. The topological polar surface area (TPSA) is 38.3 Å². The molecule has 2 aromatic rings. The fourth-order valence-corrected chi connectivity index (χ4v) is 1.74. The molecule has 2 rings (SSSR count). The molecule has 3 nitrogen and oxygen atoms in total. The van der Waals surface area contributed by atoms with Crippen molar-refractivity contribution >= 4 is 11.8 Å². The highest BCUT2D eigenvalue weighted by atomic mass is 16.5. The predicted octanol–water partition coefficient (Wildman–Crippen LogP) is 3.84. The maximum Gasteiger partial charge on any atom is 0.411 e. The lowest BCUT2D eigenvalue weighted by atomic mass is 10.0. The van der Waals surface area contributed by atoms with Gasteiger partial charge in [0.15, 0.2) is 0 Å². The number of benzene rings is 2. The number of rotatable bonds is 2. The van der Waals surface area contributed by atoms with Gasteiger partial charge in [-0.05, 0) is 30.2 Å². The molecule has 0 radical (unpaired) electrons. The molecule has 1 amide bonds. The van der Waals surface area contributed by atoms with Crippen LogP contribution in [0, 0.1) is 6.92 Å². The molecule has 0 spiro atoms. The van der Waals surface area contributed by atoms with Gasteiger partial charge in [-0.3, -0.25) is 5.32 Å². The van der Waals surface area contributed by atoms with E-state index in [0.717, 1.165) is 11.3 Å². The Labute approximate surface area is 106 Å². The van der Waals surface area contributed by atoms with Crippen molar-refractivity contribution in [2.45, 2.75) is 6.92 Å². The number of methoxy groups -OCH3 is 1.